The second kappa shape index (κ2) is 6.37. The van der Waals surface area contributed by atoms with E-state index in [0.717, 1.165) is 0 Å². The normalized spacial score (nSPS) is 22.2. The van der Waals surface area contributed by atoms with Crippen LogP contribution >= 0.6 is 0 Å². The minimum Gasteiger partial charge on any atom is -0.394 e. The summed E-state index contributed by atoms with van der Waals surface area (Å²) in [6.07, 6.45) is -7.72. The van der Waals surface area contributed by atoms with Crippen LogP contribution in [0.25, 0.3) is 0 Å². The zero-order valence-electron chi connectivity index (χ0n) is 8.85. The number of aliphatic hydroxyl groups is 6. The molecule has 0 aliphatic carbocycles. The maximum absolute atomic E-state index is 9.42. The molecule has 5 atom stereocenters. The van der Waals surface area contributed by atoms with Crippen molar-refractivity contribution in [3.05, 3.63) is 0 Å². The monoisotopic (exact) mass is 224 g/mol. The van der Waals surface area contributed by atoms with Gasteiger partial charge in [-0.05, 0) is 5.92 Å². The van der Waals surface area contributed by atoms with Crippen molar-refractivity contribution < 1.29 is 30.6 Å². The molecule has 0 aromatic rings. The van der Waals surface area contributed by atoms with Gasteiger partial charge in [-0.2, -0.15) is 0 Å². The molecule has 5 unspecified atom stereocenters. The first-order chi connectivity index (χ1) is 6.82. The number of aliphatic hydroxyl groups excluding tert-OH is 6. The predicted octanol–water partition coefficient (Wildman–Crippen LogP) is -2.56. The molecule has 6 nitrogen and oxygen atoms in total. The van der Waals surface area contributed by atoms with Crippen LogP contribution in [0.3, 0.4) is 0 Å². The number of rotatable bonds is 6. The molecule has 0 amide bonds. The zero-order chi connectivity index (χ0) is 12.2. The summed E-state index contributed by atoms with van der Waals surface area (Å²) in [7, 11) is 0. The van der Waals surface area contributed by atoms with Crippen LogP contribution in [0.5, 0.6) is 0 Å². The Morgan fingerprint density at radius 3 is 1.47 bits per heavy atom. The largest absolute Gasteiger partial charge is 0.394 e. The van der Waals surface area contributed by atoms with Crippen LogP contribution < -0.4 is 0 Å². The molecule has 0 aromatic heterocycles. The lowest BCUT2D eigenvalue weighted by molar-refractivity contribution is -0.146. The fraction of sp³-hybridized carbons (Fsp3) is 1.00. The molecule has 0 spiro atoms. The van der Waals surface area contributed by atoms with Crippen LogP contribution in [0.1, 0.15) is 13.8 Å². The molecule has 0 aromatic carbocycles. The lowest BCUT2D eigenvalue weighted by Crippen LogP contribution is -2.51. The van der Waals surface area contributed by atoms with E-state index in [0.29, 0.717) is 0 Å². The summed E-state index contributed by atoms with van der Waals surface area (Å²) in [5, 5.41) is 55.0. The molecule has 0 bridgehead atoms. The lowest BCUT2D eigenvalue weighted by atomic mass is 9.93. The van der Waals surface area contributed by atoms with Gasteiger partial charge in [0, 0.05) is 0 Å². The maximum atomic E-state index is 9.42. The van der Waals surface area contributed by atoms with Gasteiger partial charge >= 0.3 is 0 Å². The van der Waals surface area contributed by atoms with Crippen molar-refractivity contribution in [2.24, 2.45) is 5.92 Å². The molecular weight excluding hydrogens is 204 g/mol. The van der Waals surface area contributed by atoms with Gasteiger partial charge in [-0.15, -0.1) is 0 Å². The van der Waals surface area contributed by atoms with Crippen LogP contribution in [0, 0.1) is 5.92 Å². The quantitative estimate of drug-likeness (QED) is 0.295. The highest BCUT2D eigenvalue weighted by atomic mass is 16.4. The average molecular weight is 224 g/mol. The molecule has 6 heteroatoms. The Labute approximate surface area is 88.4 Å². The minimum absolute atomic E-state index is 0.298. The van der Waals surface area contributed by atoms with E-state index in [2.05, 4.69) is 0 Å². The van der Waals surface area contributed by atoms with E-state index in [1.807, 2.05) is 0 Å². The molecule has 0 saturated heterocycles. The van der Waals surface area contributed by atoms with Gasteiger partial charge < -0.3 is 30.6 Å². The fourth-order valence-electron chi connectivity index (χ4n) is 1.13. The molecule has 0 aliphatic heterocycles. The van der Waals surface area contributed by atoms with Crippen LogP contribution in [-0.4, -0.2) is 67.8 Å². The first-order valence-corrected chi connectivity index (χ1v) is 4.84. The van der Waals surface area contributed by atoms with Gasteiger partial charge in [-0.25, -0.2) is 0 Å². The SMILES string of the molecule is CC(C)C(O)C(O)C(O)C(O)C(O)CO. The van der Waals surface area contributed by atoms with Crippen molar-refractivity contribution >= 4 is 0 Å². The van der Waals surface area contributed by atoms with Gasteiger partial charge in [0.2, 0.25) is 0 Å². The van der Waals surface area contributed by atoms with Crippen molar-refractivity contribution in [2.45, 2.75) is 44.4 Å². The van der Waals surface area contributed by atoms with E-state index in [4.69, 9.17) is 10.2 Å². The third kappa shape index (κ3) is 4.02. The highest BCUT2D eigenvalue weighted by Gasteiger charge is 2.34. The highest BCUT2D eigenvalue weighted by Crippen LogP contribution is 2.13. The molecule has 0 radical (unpaired) electrons. The van der Waals surface area contributed by atoms with Crippen LogP contribution in [0.4, 0.5) is 0 Å². The Bertz CT molecular complexity index is 174. The Morgan fingerprint density at radius 2 is 1.13 bits per heavy atom. The third-order valence-electron chi connectivity index (χ3n) is 2.31. The van der Waals surface area contributed by atoms with Gasteiger partial charge in [-0.3, -0.25) is 0 Å². The Kier molecular flexibility index (Phi) is 6.26. The van der Waals surface area contributed by atoms with Crippen molar-refractivity contribution in [3.63, 3.8) is 0 Å². The van der Waals surface area contributed by atoms with Gasteiger partial charge in [0.25, 0.3) is 0 Å². The number of hydrogen-bond acceptors (Lipinski definition) is 6. The molecule has 15 heavy (non-hydrogen) atoms. The molecule has 6 N–H and O–H groups in total. The first kappa shape index (κ1) is 14.8. The minimum atomic E-state index is -1.70. The molecule has 0 aliphatic rings. The summed E-state index contributed by atoms with van der Waals surface area (Å²) in [4.78, 5) is 0. The van der Waals surface area contributed by atoms with Gasteiger partial charge in [-0.1, -0.05) is 13.8 Å². The summed E-state index contributed by atoms with van der Waals surface area (Å²) in [6.45, 7) is 2.54. The van der Waals surface area contributed by atoms with Crippen LogP contribution in [0.15, 0.2) is 0 Å². The zero-order valence-corrected chi connectivity index (χ0v) is 8.85. The molecule has 92 valence electrons. The predicted molar refractivity (Wildman–Crippen MR) is 52.0 cm³/mol. The van der Waals surface area contributed by atoms with Crippen molar-refractivity contribution in [2.75, 3.05) is 6.61 Å². The van der Waals surface area contributed by atoms with E-state index in [-0.39, 0.29) is 5.92 Å². The molecule has 0 fully saturated rings. The summed E-state index contributed by atoms with van der Waals surface area (Å²) in [6, 6.07) is 0. The van der Waals surface area contributed by atoms with Gasteiger partial charge in [0.15, 0.2) is 0 Å². The summed E-state index contributed by atoms with van der Waals surface area (Å²) < 4.78 is 0. The fourth-order valence-corrected chi connectivity index (χ4v) is 1.13. The number of hydrogen-bond donors (Lipinski definition) is 6. The maximum Gasteiger partial charge on any atom is 0.111 e. The van der Waals surface area contributed by atoms with Crippen molar-refractivity contribution in [1.82, 2.24) is 0 Å². The van der Waals surface area contributed by atoms with Crippen molar-refractivity contribution in [1.29, 1.82) is 0 Å². The van der Waals surface area contributed by atoms with E-state index in [1.54, 1.807) is 13.8 Å². The standard InChI is InChI=1S/C9H20O6/c1-4(2)6(12)8(14)9(15)7(13)5(11)3-10/h4-15H,3H2,1-2H3. The Morgan fingerprint density at radius 1 is 0.733 bits per heavy atom. The first-order valence-electron chi connectivity index (χ1n) is 4.84. The summed E-state index contributed by atoms with van der Waals surface area (Å²) in [5.74, 6) is -0.298. The lowest BCUT2D eigenvalue weighted by Gasteiger charge is -2.29. The third-order valence-corrected chi connectivity index (χ3v) is 2.31. The van der Waals surface area contributed by atoms with Gasteiger partial charge in [0.05, 0.1) is 12.7 Å². The topological polar surface area (TPSA) is 121 Å². The molecular formula is C9H20O6. The summed E-state index contributed by atoms with van der Waals surface area (Å²) in [5.41, 5.74) is 0. The van der Waals surface area contributed by atoms with Crippen LogP contribution in [-0.2, 0) is 0 Å². The Hall–Kier alpha value is -0.240. The van der Waals surface area contributed by atoms with E-state index in [1.165, 1.54) is 0 Å². The second-order valence-electron chi connectivity index (χ2n) is 3.96. The van der Waals surface area contributed by atoms with Gasteiger partial charge in [0.1, 0.15) is 24.4 Å². The Balaban J connectivity index is 4.36. The van der Waals surface area contributed by atoms with Crippen LogP contribution in [0.2, 0.25) is 0 Å². The molecule has 0 rings (SSSR count). The second-order valence-corrected chi connectivity index (χ2v) is 3.96. The smallest absolute Gasteiger partial charge is 0.111 e. The van der Waals surface area contributed by atoms with Crippen molar-refractivity contribution in [3.8, 4) is 0 Å². The summed E-state index contributed by atoms with van der Waals surface area (Å²) >= 11 is 0. The van der Waals surface area contributed by atoms with E-state index < -0.39 is 37.1 Å². The molecule has 0 saturated carbocycles. The highest BCUT2D eigenvalue weighted by molar-refractivity contribution is 4.85. The average Bonchev–Trinajstić information content (AvgIpc) is 2.23. The van der Waals surface area contributed by atoms with E-state index in [9.17, 15) is 20.4 Å². The van der Waals surface area contributed by atoms with E-state index >= 15 is 0 Å². The molecule has 0 heterocycles.